The highest BCUT2D eigenvalue weighted by Gasteiger charge is 2.33. The first-order valence-electron chi connectivity index (χ1n) is 19.3. The molecule has 2 aliphatic heterocycles. The number of rotatable bonds is 8. The molecule has 0 saturated heterocycles. The minimum Gasteiger partial charge on any atom is -0.508 e. The number of phenolic OH excluding ortho intramolecular Hbond substituents is 1. The van der Waals surface area contributed by atoms with Crippen LogP contribution in [0, 0.1) is 6.92 Å². The van der Waals surface area contributed by atoms with Gasteiger partial charge in [-0.25, -0.2) is 4.79 Å². The molecule has 0 unspecified atom stereocenters. The molecule has 0 saturated carbocycles. The maximum absolute atomic E-state index is 15.0. The molecule has 2 aliphatic rings. The van der Waals surface area contributed by atoms with Gasteiger partial charge in [-0.1, -0.05) is 36.4 Å². The number of carbonyl (C=O) groups excluding carboxylic acids is 4. The summed E-state index contributed by atoms with van der Waals surface area (Å²) in [7, 11) is 7.07. The zero-order valence-corrected chi connectivity index (χ0v) is 33.4. The highest BCUT2D eigenvalue weighted by atomic mass is 16.6. The van der Waals surface area contributed by atoms with Crippen molar-refractivity contribution >= 4 is 29.5 Å². The van der Waals surface area contributed by atoms with Crippen LogP contribution in [0.25, 0.3) is 11.3 Å². The molecule has 294 valence electrons. The van der Waals surface area contributed by atoms with Crippen LogP contribution >= 0.6 is 0 Å². The summed E-state index contributed by atoms with van der Waals surface area (Å²) in [5, 5.41) is 9.87. The van der Waals surface area contributed by atoms with Gasteiger partial charge in [-0.2, -0.15) is 0 Å². The Labute approximate surface area is 333 Å². The van der Waals surface area contributed by atoms with Crippen LogP contribution in [0.1, 0.15) is 67.6 Å². The molecule has 1 N–H and O–H groups in total. The van der Waals surface area contributed by atoms with E-state index in [4.69, 9.17) is 4.74 Å². The molecular weight excluding hydrogens is 719 g/mol. The number of benzene rings is 4. The van der Waals surface area contributed by atoms with Gasteiger partial charge < -0.3 is 34.0 Å². The Morgan fingerprint density at radius 1 is 0.825 bits per heavy atom. The zero-order valence-electron chi connectivity index (χ0n) is 33.4. The van der Waals surface area contributed by atoms with Crippen molar-refractivity contribution in [2.75, 3.05) is 32.6 Å². The number of hydrogen-bond acceptors (Lipinski definition) is 6. The summed E-state index contributed by atoms with van der Waals surface area (Å²) in [6, 6.07) is 27.6. The normalized spacial score (nSPS) is 14.7. The molecule has 3 heterocycles. The predicted octanol–water partition coefficient (Wildman–Crippen LogP) is 7.15. The Hall–Kier alpha value is -6.36. The molecule has 0 radical (unpaired) electrons. The molecule has 0 spiro atoms. The molecule has 4 aromatic carbocycles. The third-order valence-corrected chi connectivity index (χ3v) is 11.4. The summed E-state index contributed by atoms with van der Waals surface area (Å²) in [5.74, 6) is 0.169. The summed E-state index contributed by atoms with van der Waals surface area (Å²) in [5.41, 5.74) is 8.82. The van der Waals surface area contributed by atoms with Crippen LogP contribution in [0.5, 0.6) is 11.5 Å². The average molecular weight is 768 g/mol. The van der Waals surface area contributed by atoms with E-state index in [1.165, 1.54) is 5.56 Å². The average Bonchev–Trinajstić information content (AvgIpc) is 3.51. The SMILES string of the molecule is Cc1cc(C(=O)N(C)c2ccc(O)cc2)c(-c2cc3c(cc2C(=O)N2Cc4ccccc4C[C@H]2C)CN(C(=O)Oc2ccc(CCC(=O)N(C)C)cc2)CC3)n1C. The molecular formula is C46H49N5O6. The Kier molecular flexibility index (Phi) is 10.9. The molecule has 4 amide bonds. The lowest BCUT2D eigenvalue weighted by molar-refractivity contribution is -0.128. The third-order valence-electron chi connectivity index (χ3n) is 11.4. The number of phenols is 1. The largest absolute Gasteiger partial charge is 0.508 e. The van der Waals surface area contributed by atoms with Gasteiger partial charge in [0.05, 0.1) is 11.3 Å². The summed E-state index contributed by atoms with van der Waals surface area (Å²) in [6.07, 6.45) is 1.75. The summed E-state index contributed by atoms with van der Waals surface area (Å²) in [6.45, 7) is 5.11. The highest BCUT2D eigenvalue weighted by Crippen LogP contribution is 2.37. The second-order valence-corrected chi connectivity index (χ2v) is 15.4. The Morgan fingerprint density at radius 3 is 2.23 bits per heavy atom. The van der Waals surface area contributed by atoms with Crippen molar-refractivity contribution in [2.45, 2.75) is 58.7 Å². The van der Waals surface area contributed by atoms with Crippen molar-refractivity contribution in [1.29, 1.82) is 0 Å². The number of fused-ring (bicyclic) bond motifs is 2. The van der Waals surface area contributed by atoms with Crippen molar-refractivity contribution < 1.29 is 29.0 Å². The molecule has 0 fully saturated rings. The van der Waals surface area contributed by atoms with Crippen LogP contribution in [0.15, 0.2) is 91.0 Å². The molecule has 7 rings (SSSR count). The van der Waals surface area contributed by atoms with Crippen LogP contribution in [0.2, 0.25) is 0 Å². The predicted molar refractivity (Wildman–Crippen MR) is 220 cm³/mol. The maximum atomic E-state index is 15.0. The molecule has 1 aromatic heterocycles. The van der Waals surface area contributed by atoms with Crippen molar-refractivity contribution in [2.24, 2.45) is 7.05 Å². The summed E-state index contributed by atoms with van der Waals surface area (Å²) < 4.78 is 7.77. The van der Waals surface area contributed by atoms with Crippen LogP contribution in [0.3, 0.4) is 0 Å². The van der Waals surface area contributed by atoms with E-state index < -0.39 is 6.09 Å². The van der Waals surface area contributed by atoms with Crippen molar-refractivity contribution in [1.82, 2.24) is 19.3 Å². The summed E-state index contributed by atoms with van der Waals surface area (Å²) >= 11 is 0. The molecule has 1 atom stereocenters. The van der Waals surface area contributed by atoms with Crippen LogP contribution < -0.4 is 9.64 Å². The molecule has 0 aliphatic carbocycles. The van der Waals surface area contributed by atoms with Gasteiger partial charge in [0.2, 0.25) is 5.91 Å². The number of amides is 4. The molecule has 11 heteroatoms. The van der Waals surface area contributed by atoms with Gasteiger partial charge in [-0.15, -0.1) is 0 Å². The first-order chi connectivity index (χ1) is 27.3. The quantitative estimate of drug-likeness (QED) is 0.180. The minimum absolute atomic E-state index is 0.0505. The Bertz CT molecular complexity index is 2350. The van der Waals surface area contributed by atoms with E-state index in [0.717, 1.165) is 34.4 Å². The smallest absolute Gasteiger partial charge is 0.415 e. The van der Waals surface area contributed by atoms with Gasteiger partial charge in [-0.05, 0) is 116 Å². The number of anilines is 1. The lowest BCUT2D eigenvalue weighted by Gasteiger charge is -2.36. The number of aromatic nitrogens is 1. The maximum Gasteiger partial charge on any atom is 0.415 e. The van der Waals surface area contributed by atoms with E-state index in [1.54, 1.807) is 72.2 Å². The minimum atomic E-state index is -0.488. The van der Waals surface area contributed by atoms with Crippen molar-refractivity contribution in [3.05, 3.63) is 136 Å². The van der Waals surface area contributed by atoms with Crippen LogP contribution in [-0.4, -0.2) is 81.9 Å². The standard InChI is InChI=1S/C46H49N5O6/c1-29-24-41(44(54)49(6)36-14-16-37(52)17-15-36)43(48(29)5)39-25-33-21-22-50(46(56)57-38-18-11-31(12-19-38)13-20-42(53)47(3)4)27-35(33)26-40(39)45(55)51-28-34-10-8-7-9-32(34)23-30(51)2/h7-12,14-19,24-26,30,52H,13,20-23,27-28H2,1-6H3/t30-/m1/s1. The lowest BCUT2D eigenvalue weighted by atomic mass is 9.89. The van der Waals surface area contributed by atoms with Gasteiger partial charge in [-0.3, -0.25) is 14.4 Å². The zero-order chi connectivity index (χ0) is 40.5. The first kappa shape index (κ1) is 38.9. The molecule has 5 aromatic rings. The van der Waals surface area contributed by atoms with Gasteiger partial charge >= 0.3 is 6.09 Å². The monoisotopic (exact) mass is 767 g/mol. The lowest BCUT2D eigenvalue weighted by Crippen LogP contribution is -2.43. The van der Waals surface area contributed by atoms with Crippen LogP contribution in [-0.2, 0) is 44.2 Å². The van der Waals surface area contributed by atoms with E-state index >= 15 is 0 Å². The Balaban J connectivity index is 1.22. The number of hydrogen-bond donors (Lipinski definition) is 1. The van der Waals surface area contributed by atoms with E-state index in [-0.39, 0.29) is 36.1 Å². The first-order valence-corrected chi connectivity index (χ1v) is 19.3. The van der Waals surface area contributed by atoms with Gasteiger partial charge in [0.25, 0.3) is 11.8 Å². The number of carbonyl (C=O) groups is 4. The van der Waals surface area contributed by atoms with Gasteiger partial charge in [0, 0.05) is 82.8 Å². The van der Waals surface area contributed by atoms with Crippen LogP contribution in [0.4, 0.5) is 10.5 Å². The van der Waals surface area contributed by atoms with E-state index in [2.05, 4.69) is 19.1 Å². The topological polar surface area (TPSA) is 116 Å². The fourth-order valence-corrected chi connectivity index (χ4v) is 7.80. The van der Waals surface area contributed by atoms with Crippen molar-refractivity contribution in [3.63, 3.8) is 0 Å². The fraction of sp³-hybridized carbons (Fsp3) is 0.304. The van der Waals surface area contributed by atoms with E-state index in [9.17, 15) is 24.3 Å². The fourth-order valence-electron chi connectivity index (χ4n) is 7.80. The second-order valence-electron chi connectivity index (χ2n) is 15.4. The van der Waals surface area contributed by atoms with Gasteiger partial charge in [0.1, 0.15) is 11.5 Å². The molecule has 11 nitrogen and oxygen atoms in total. The van der Waals surface area contributed by atoms with E-state index in [1.807, 2.05) is 65.9 Å². The van der Waals surface area contributed by atoms with E-state index in [0.29, 0.717) is 66.2 Å². The number of aromatic hydroxyl groups is 1. The number of aryl methyl sites for hydroxylation is 2. The third kappa shape index (κ3) is 8.00. The van der Waals surface area contributed by atoms with Crippen molar-refractivity contribution in [3.8, 4) is 22.8 Å². The number of ether oxygens (including phenoxy) is 1. The van der Waals surface area contributed by atoms with Gasteiger partial charge in [0.15, 0.2) is 0 Å². The molecule has 57 heavy (non-hydrogen) atoms. The Morgan fingerprint density at radius 2 is 1.53 bits per heavy atom. The summed E-state index contributed by atoms with van der Waals surface area (Å²) in [4.78, 5) is 61.5. The highest BCUT2D eigenvalue weighted by molar-refractivity contribution is 6.12. The molecule has 0 bridgehead atoms. The second kappa shape index (κ2) is 16.0. The number of nitrogens with zero attached hydrogens (tertiary/aromatic N) is 5.